The molecule has 1 saturated carbocycles. The Morgan fingerprint density at radius 3 is 2.71 bits per heavy atom. The van der Waals surface area contributed by atoms with Gasteiger partial charge in [0, 0.05) is 44.2 Å². The van der Waals surface area contributed by atoms with E-state index in [-0.39, 0.29) is 30.2 Å². The maximum absolute atomic E-state index is 13.0. The Morgan fingerprint density at radius 2 is 2.04 bits per heavy atom. The first-order chi connectivity index (χ1) is 13.5. The minimum Gasteiger partial charge on any atom is -0.326 e. The molecule has 3 heterocycles. The fraction of sp³-hybridized carbons (Fsp3) is 0.571. The van der Waals surface area contributed by atoms with Crippen molar-refractivity contribution in [3.63, 3.8) is 0 Å². The summed E-state index contributed by atoms with van der Waals surface area (Å²) in [5, 5.41) is 2.36. The molecular formula is C21H26N4O3. The van der Waals surface area contributed by atoms with Crippen LogP contribution in [0.25, 0.3) is 0 Å². The van der Waals surface area contributed by atoms with Gasteiger partial charge < -0.3 is 10.6 Å². The summed E-state index contributed by atoms with van der Waals surface area (Å²) in [4.78, 5) is 40.7. The lowest BCUT2D eigenvalue weighted by Gasteiger charge is -2.41. The van der Waals surface area contributed by atoms with Crippen molar-refractivity contribution in [3.8, 4) is 0 Å². The van der Waals surface area contributed by atoms with Gasteiger partial charge in [0.25, 0.3) is 5.91 Å². The van der Waals surface area contributed by atoms with Crippen molar-refractivity contribution in [2.45, 2.75) is 57.3 Å². The van der Waals surface area contributed by atoms with E-state index in [4.69, 9.17) is 5.73 Å². The van der Waals surface area contributed by atoms with Crippen molar-refractivity contribution in [1.82, 2.24) is 15.1 Å². The lowest BCUT2D eigenvalue weighted by molar-refractivity contribution is -0.136. The number of carbonyl (C=O) groups excluding carboxylic acids is 3. The van der Waals surface area contributed by atoms with Gasteiger partial charge >= 0.3 is 0 Å². The number of nitrogens with zero attached hydrogens (tertiary/aromatic N) is 2. The molecule has 5 rings (SSSR count). The number of likely N-dealkylation sites (tertiary alicyclic amines) is 1. The second-order valence-electron chi connectivity index (χ2n) is 8.84. The average molecular weight is 382 g/mol. The third-order valence-corrected chi connectivity index (χ3v) is 7.20. The SMILES string of the molecule is NC1CN(Cc2cccc3c2CN(C2CCC(=O)NC2=O)C3=O)CC12CCC2. The fourth-order valence-electron chi connectivity index (χ4n) is 5.42. The van der Waals surface area contributed by atoms with Gasteiger partial charge in [0.05, 0.1) is 0 Å². The van der Waals surface area contributed by atoms with Crippen LogP contribution in [0.1, 0.15) is 53.6 Å². The van der Waals surface area contributed by atoms with E-state index in [0.717, 1.165) is 30.8 Å². The van der Waals surface area contributed by atoms with E-state index in [1.165, 1.54) is 19.3 Å². The van der Waals surface area contributed by atoms with Crippen LogP contribution in [0.15, 0.2) is 18.2 Å². The van der Waals surface area contributed by atoms with Gasteiger partial charge in [-0.1, -0.05) is 18.6 Å². The summed E-state index contributed by atoms with van der Waals surface area (Å²) in [6, 6.07) is 5.52. The van der Waals surface area contributed by atoms with Crippen LogP contribution in [0.4, 0.5) is 0 Å². The van der Waals surface area contributed by atoms with E-state index in [1.54, 1.807) is 4.90 Å². The van der Waals surface area contributed by atoms with Crippen molar-refractivity contribution in [3.05, 3.63) is 34.9 Å². The van der Waals surface area contributed by atoms with Gasteiger partial charge in [-0.15, -0.1) is 0 Å². The molecule has 1 aromatic rings. The number of hydrogen-bond donors (Lipinski definition) is 2. The van der Waals surface area contributed by atoms with Crippen molar-refractivity contribution >= 4 is 17.7 Å². The Morgan fingerprint density at radius 1 is 1.21 bits per heavy atom. The van der Waals surface area contributed by atoms with Gasteiger partial charge in [-0.25, -0.2) is 0 Å². The third kappa shape index (κ3) is 2.68. The smallest absolute Gasteiger partial charge is 0.255 e. The molecule has 1 aromatic carbocycles. The number of imide groups is 1. The van der Waals surface area contributed by atoms with Crippen LogP contribution in [-0.4, -0.2) is 52.7 Å². The monoisotopic (exact) mass is 382 g/mol. The highest BCUT2D eigenvalue weighted by Gasteiger charge is 2.48. The standard InChI is InChI=1S/C21H26N4O3/c22-17-11-24(12-21(17)7-2-8-21)9-13-3-1-4-14-15(13)10-25(20(14)28)16-5-6-18(26)23-19(16)27/h1,3-4,16-17H,2,5-12,22H2,(H,23,26,27). The fourth-order valence-corrected chi connectivity index (χ4v) is 5.42. The number of hydrogen-bond acceptors (Lipinski definition) is 5. The second-order valence-corrected chi connectivity index (χ2v) is 8.84. The number of piperidine rings is 1. The first-order valence-electron chi connectivity index (χ1n) is 10.2. The molecule has 1 spiro atoms. The van der Waals surface area contributed by atoms with Crippen molar-refractivity contribution in [1.29, 1.82) is 0 Å². The summed E-state index contributed by atoms with van der Waals surface area (Å²) in [6.07, 6.45) is 4.39. The van der Waals surface area contributed by atoms with E-state index in [1.807, 2.05) is 12.1 Å². The molecule has 2 atom stereocenters. The average Bonchev–Trinajstić information content (AvgIpc) is 3.13. The van der Waals surface area contributed by atoms with E-state index in [0.29, 0.717) is 23.9 Å². The van der Waals surface area contributed by atoms with Crippen molar-refractivity contribution < 1.29 is 14.4 Å². The zero-order valence-corrected chi connectivity index (χ0v) is 15.9. The molecule has 148 valence electrons. The minimum absolute atomic E-state index is 0.111. The molecule has 0 radical (unpaired) electrons. The molecule has 1 aliphatic carbocycles. The summed E-state index contributed by atoms with van der Waals surface area (Å²) in [7, 11) is 0. The highest BCUT2D eigenvalue weighted by atomic mass is 16.2. The number of fused-ring (bicyclic) bond motifs is 1. The number of nitrogens with one attached hydrogen (secondary N) is 1. The molecule has 2 saturated heterocycles. The molecule has 7 heteroatoms. The third-order valence-electron chi connectivity index (χ3n) is 7.20. The van der Waals surface area contributed by atoms with E-state index in [2.05, 4.69) is 16.3 Å². The maximum Gasteiger partial charge on any atom is 0.255 e. The van der Waals surface area contributed by atoms with Crippen molar-refractivity contribution in [2.75, 3.05) is 13.1 Å². The normalized spacial score (nSPS) is 29.2. The molecule has 4 aliphatic rings. The van der Waals surface area contributed by atoms with Crippen LogP contribution in [0.2, 0.25) is 0 Å². The number of carbonyl (C=O) groups is 3. The molecule has 28 heavy (non-hydrogen) atoms. The van der Waals surface area contributed by atoms with Gasteiger partial charge in [-0.3, -0.25) is 24.6 Å². The lowest BCUT2D eigenvalue weighted by atomic mass is 9.66. The second kappa shape index (κ2) is 6.39. The van der Waals surface area contributed by atoms with E-state index < -0.39 is 6.04 Å². The Labute approximate surface area is 164 Å². The Hall–Kier alpha value is -2.25. The predicted octanol–water partition coefficient (Wildman–Crippen LogP) is 0.761. The van der Waals surface area contributed by atoms with Crippen LogP contribution in [-0.2, 0) is 22.7 Å². The van der Waals surface area contributed by atoms with Crippen LogP contribution in [0, 0.1) is 5.41 Å². The topological polar surface area (TPSA) is 95.7 Å². The summed E-state index contributed by atoms with van der Waals surface area (Å²) >= 11 is 0. The molecule has 7 nitrogen and oxygen atoms in total. The van der Waals surface area contributed by atoms with Gasteiger partial charge in [0.15, 0.2) is 0 Å². The van der Waals surface area contributed by atoms with Crippen LogP contribution in [0.5, 0.6) is 0 Å². The molecule has 0 aromatic heterocycles. The van der Waals surface area contributed by atoms with Gasteiger partial charge in [0.2, 0.25) is 11.8 Å². The van der Waals surface area contributed by atoms with E-state index in [9.17, 15) is 14.4 Å². The predicted molar refractivity (Wildman–Crippen MR) is 102 cm³/mol. The number of rotatable bonds is 3. The highest BCUT2D eigenvalue weighted by Crippen LogP contribution is 2.47. The molecule has 3 amide bonds. The van der Waals surface area contributed by atoms with Gasteiger partial charge in [0.1, 0.15) is 6.04 Å². The highest BCUT2D eigenvalue weighted by molar-refractivity contribution is 6.05. The first-order valence-corrected chi connectivity index (χ1v) is 10.2. The van der Waals surface area contributed by atoms with Crippen molar-refractivity contribution in [2.24, 2.45) is 11.1 Å². The number of nitrogens with two attached hydrogens (primary N) is 1. The summed E-state index contributed by atoms with van der Waals surface area (Å²) < 4.78 is 0. The molecule has 3 aliphatic heterocycles. The Bertz CT molecular complexity index is 863. The first kappa shape index (κ1) is 17.8. The molecular weight excluding hydrogens is 356 g/mol. The van der Waals surface area contributed by atoms with Crippen LogP contribution in [0.3, 0.4) is 0 Å². The summed E-state index contributed by atoms with van der Waals surface area (Å²) in [6.45, 7) is 3.15. The molecule has 3 N–H and O–H groups in total. The molecule has 0 bridgehead atoms. The summed E-state index contributed by atoms with van der Waals surface area (Å²) in [5.41, 5.74) is 9.56. The largest absolute Gasteiger partial charge is 0.326 e. The quantitative estimate of drug-likeness (QED) is 0.753. The lowest BCUT2D eigenvalue weighted by Crippen LogP contribution is -2.52. The Balaban J connectivity index is 1.35. The number of benzene rings is 1. The summed E-state index contributed by atoms with van der Waals surface area (Å²) in [5.74, 6) is -0.738. The molecule has 3 fully saturated rings. The number of amides is 3. The minimum atomic E-state index is -0.566. The van der Waals surface area contributed by atoms with Crippen LogP contribution < -0.4 is 11.1 Å². The van der Waals surface area contributed by atoms with Gasteiger partial charge in [-0.2, -0.15) is 0 Å². The Kier molecular flexibility index (Phi) is 4.07. The van der Waals surface area contributed by atoms with Gasteiger partial charge in [-0.05, 0) is 41.9 Å². The maximum atomic E-state index is 13.0. The zero-order valence-electron chi connectivity index (χ0n) is 15.9. The molecule has 2 unspecified atom stereocenters. The zero-order chi connectivity index (χ0) is 19.5. The van der Waals surface area contributed by atoms with E-state index >= 15 is 0 Å². The van der Waals surface area contributed by atoms with Crippen LogP contribution >= 0.6 is 0 Å².